The maximum atomic E-state index is 2.57. The fraction of sp³-hybridized carbons (Fsp3) is 1.00. The minimum absolute atomic E-state index is 0.641. The van der Waals surface area contributed by atoms with Crippen LogP contribution in [0.15, 0.2) is 0 Å². The van der Waals surface area contributed by atoms with Crippen LogP contribution in [0.2, 0.25) is 0 Å². The predicted octanol–water partition coefficient (Wildman–Crippen LogP) is 4.98. The van der Waals surface area contributed by atoms with Gasteiger partial charge in [-0.05, 0) is 55.1 Å². The van der Waals surface area contributed by atoms with E-state index in [1.807, 2.05) is 0 Å². The van der Waals surface area contributed by atoms with Crippen molar-refractivity contribution in [3.63, 3.8) is 0 Å². The highest BCUT2D eigenvalue weighted by Gasteiger charge is 2.51. The molecule has 94 valence electrons. The number of rotatable bonds is 5. The molecule has 0 saturated heterocycles. The van der Waals surface area contributed by atoms with E-state index in [9.17, 15) is 0 Å². The topological polar surface area (TPSA) is 0 Å². The summed E-state index contributed by atoms with van der Waals surface area (Å²) in [6, 6.07) is 0. The minimum atomic E-state index is 0.641. The van der Waals surface area contributed by atoms with Gasteiger partial charge in [-0.25, -0.2) is 0 Å². The van der Waals surface area contributed by atoms with Crippen LogP contribution in [-0.4, -0.2) is 11.5 Å². The highest BCUT2D eigenvalue weighted by molar-refractivity contribution is 7.99. The molecule has 5 unspecified atom stereocenters. The second-order valence-electron chi connectivity index (χ2n) is 6.38. The molecule has 5 atom stereocenters. The molecule has 2 aliphatic rings. The van der Waals surface area contributed by atoms with Crippen molar-refractivity contribution in [3.05, 3.63) is 0 Å². The van der Waals surface area contributed by atoms with Crippen molar-refractivity contribution < 1.29 is 0 Å². The summed E-state index contributed by atoms with van der Waals surface area (Å²) in [6.07, 6.45) is 11.1. The number of hydrogen-bond acceptors (Lipinski definition) is 1. The van der Waals surface area contributed by atoms with Crippen LogP contribution in [0.25, 0.3) is 0 Å². The van der Waals surface area contributed by atoms with Crippen molar-refractivity contribution in [1.82, 2.24) is 0 Å². The summed E-state index contributed by atoms with van der Waals surface area (Å²) in [5.41, 5.74) is 0.641. The Labute approximate surface area is 106 Å². The third-order valence-electron chi connectivity index (χ3n) is 5.58. The molecule has 0 N–H and O–H groups in total. The zero-order valence-electron chi connectivity index (χ0n) is 11.5. The van der Waals surface area contributed by atoms with Crippen molar-refractivity contribution in [2.45, 2.75) is 64.5 Å². The van der Waals surface area contributed by atoms with Crippen molar-refractivity contribution >= 4 is 11.8 Å². The smallest absolute Gasteiger partial charge is 0.00781 e. The molecule has 2 bridgehead atoms. The molecule has 2 fully saturated rings. The first-order valence-corrected chi connectivity index (χ1v) is 8.46. The van der Waals surface area contributed by atoms with E-state index >= 15 is 0 Å². The lowest BCUT2D eigenvalue weighted by Gasteiger charge is -2.42. The molecule has 0 radical (unpaired) electrons. The van der Waals surface area contributed by atoms with Crippen LogP contribution in [0.1, 0.15) is 59.3 Å². The van der Waals surface area contributed by atoms with Gasteiger partial charge in [-0.1, -0.05) is 33.6 Å². The lowest BCUT2D eigenvalue weighted by atomic mass is 9.65. The Bertz CT molecular complexity index is 238. The van der Waals surface area contributed by atoms with E-state index in [4.69, 9.17) is 0 Å². The third-order valence-corrected chi connectivity index (χ3v) is 6.73. The SMILES string of the molecule is CCCC(C)(CC)C1CC2CC(SC)C1C2. The minimum Gasteiger partial charge on any atom is -0.162 e. The largest absolute Gasteiger partial charge is 0.162 e. The van der Waals surface area contributed by atoms with E-state index in [0.29, 0.717) is 5.41 Å². The molecular weight excluding hydrogens is 212 g/mol. The summed E-state index contributed by atoms with van der Waals surface area (Å²) in [7, 11) is 0. The summed E-state index contributed by atoms with van der Waals surface area (Å²) in [5.74, 6) is 3.17. The van der Waals surface area contributed by atoms with Crippen molar-refractivity contribution in [2.75, 3.05) is 6.26 Å². The molecule has 0 heterocycles. The second-order valence-corrected chi connectivity index (χ2v) is 7.45. The van der Waals surface area contributed by atoms with Gasteiger partial charge in [-0.15, -0.1) is 0 Å². The Balaban J connectivity index is 2.09. The van der Waals surface area contributed by atoms with Gasteiger partial charge in [-0.3, -0.25) is 0 Å². The summed E-state index contributed by atoms with van der Waals surface area (Å²) in [4.78, 5) is 0. The Morgan fingerprint density at radius 1 is 1.19 bits per heavy atom. The average molecular weight is 240 g/mol. The summed E-state index contributed by atoms with van der Waals surface area (Å²) >= 11 is 2.14. The quantitative estimate of drug-likeness (QED) is 0.653. The van der Waals surface area contributed by atoms with E-state index in [1.54, 1.807) is 12.8 Å². The van der Waals surface area contributed by atoms with Gasteiger partial charge in [0, 0.05) is 5.25 Å². The molecule has 0 amide bonds. The van der Waals surface area contributed by atoms with E-state index in [0.717, 1.165) is 23.0 Å². The molecule has 16 heavy (non-hydrogen) atoms. The molecule has 2 aliphatic carbocycles. The molecule has 0 aromatic rings. The zero-order chi connectivity index (χ0) is 11.8. The summed E-state index contributed by atoms with van der Waals surface area (Å²) in [5, 5.41) is 0.992. The van der Waals surface area contributed by atoms with Gasteiger partial charge in [0.15, 0.2) is 0 Å². The van der Waals surface area contributed by atoms with Gasteiger partial charge in [0.1, 0.15) is 0 Å². The van der Waals surface area contributed by atoms with Crippen LogP contribution in [-0.2, 0) is 0 Å². The molecule has 1 heteroatoms. The third kappa shape index (κ3) is 2.05. The van der Waals surface area contributed by atoms with Crippen LogP contribution >= 0.6 is 11.8 Å². The highest BCUT2D eigenvalue weighted by Crippen LogP contribution is 2.59. The highest BCUT2D eigenvalue weighted by atomic mass is 32.2. The van der Waals surface area contributed by atoms with Gasteiger partial charge in [0.05, 0.1) is 0 Å². The van der Waals surface area contributed by atoms with Gasteiger partial charge in [0.25, 0.3) is 0 Å². The molecule has 0 spiro atoms. The number of fused-ring (bicyclic) bond motifs is 2. The van der Waals surface area contributed by atoms with Crippen molar-refractivity contribution in [2.24, 2.45) is 23.2 Å². The van der Waals surface area contributed by atoms with Crippen LogP contribution < -0.4 is 0 Å². The van der Waals surface area contributed by atoms with Gasteiger partial charge in [-0.2, -0.15) is 11.8 Å². The van der Waals surface area contributed by atoms with Crippen LogP contribution in [0.4, 0.5) is 0 Å². The van der Waals surface area contributed by atoms with Crippen LogP contribution in [0, 0.1) is 23.2 Å². The molecule has 2 rings (SSSR count). The Hall–Kier alpha value is 0.350. The second kappa shape index (κ2) is 4.92. The monoisotopic (exact) mass is 240 g/mol. The first kappa shape index (κ1) is 12.8. The van der Waals surface area contributed by atoms with E-state index in [2.05, 4.69) is 38.8 Å². The van der Waals surface area contributed by atoms with Gasteiger partial charge < -0.3 is 0 Å². The number of hydrogen-bond donors (Lipinski definition) is 0. The van der Waals surface area contributed by atoms with Gasteiger partial charge >= 0.3 is 0 Å². The Kier molecular flexibility index (Phi) is 3.93. The maximum absolute atomic E-state index is 2.57. The van der Waals surface area contributed by atoms with Crippen LogP contribution in [0.3, 0.4) is 0 Å². The van der Waals surface area contributed by atoms with Crippen molar-refractivity contribution in [3.8, 4) is 0 Å². The maximum Gasteiger partial charge on any atom is 0.00781 e. The Morgan fingerprint density at radius 3 is 2.44 bits per heavy atom. The number of thioether (sulfide) groups is 1. The molecule has 0 nitrogen and oxygen atoms in total. The van der Waals surface area contributed by atoms with E-state index < -0.39 is 0 Å². The molecular formula is C15H28S. The molecule has 0 aromatic carbocycles. The zero-order valence-corrected chi connectivity index (χ0v) is 12.3. The fourth-order valence-electron chi connectivity index (χ4n) is 4.55. The predicted molar refractivity (Wildman–Crippen MR) is 74.9 cm³/mol. The van der Waals surface area contributed by atoms with E-state index in [-0.39, 0.29) is 0 Å². The first-order chi connectivity index (χ1) is 7.64. The van der Waals surface area contributed by atoms with Crippen LogP contribution in [0.5, 0.6) is 0 Å². The first-order valence-electron chi connectivity index (χ1n) is 7.17. The van der Waals surface area contributed by atoms with Gasteiger partial charge in [0.2, 0.25) is 0 Å². The molecule has 0 aromatic heterocycles. The normalized spacial score (nSPS) is 41.2. The lowest BCUT2D eigenvalue weighted by Crippen LogP contribution is -2.35. The summed E-state index contributed by atoms with van der Waals surface area (Å²) < 4.78 is 0. The average Bonchev–Trinajstić information content (AvgIpc) is 2.88. The molecule has 0 aliphatic heterocycles. The summed E-state index contributed by atoms with van der Waals surface area (Å²) in [6.45, 7) is 7.34. The standard InChI is InChI=1S/C15H28S/c1-5-7-15(3,6-2)13-9-11-8-12(13)14(10-11)16-4/h11-14H,5-10H2,1-4H3. The van der Waals surface area contributed by atoms with Crippen molar-refractivity contribution in [1.29, 1.82) is 0 Å². The lowest BCUT2D eigenvalue weighted by molar-refractivity contribution is 0.106. The van der Waals surface area contributed by atoms with E-state index in [1.165, 1.54) is 25.7 Å². The molecule has 2 saturated carbocycles. The fourth-order valence-corrected chi connectivity index (χ4v) is 5.67. The Morgan fingerprint density at radius 2 is 1.94 bits per heavy atom.